The Bertz CT molecular complexity index is 1440. The Morgan fingerprint density at radius 3 is 2.18 bits per heavy atom. The Morgan fingerprint density at radius 2 is 1.72 bits per heavy atom. The molecule has 8 N–H and O–H groups in total. The molecule has 2 unspecified atom stereocenters. The second-order valence-corrected chi connectivity index (χ2v) is 9.02. The number of aryl methyl sites for hydroxylation is 1. The zero-order valence-corrected chi connectivity index (χ0v) is 20.8. The van der Waals surface area contributed by atoms with Crippen LogP contribution in [0, 0.1) is 17.0 Å². The summed E-state index contributed by atoms with van der Waals surface area (Å²) in [5.74, 6) is -4.17. The van der Waals surface area contributed by atoms with Crippen molar-refractivity contribution >= 4 is 39.2 Å². The highest BCUT2D eigenvalue weighted by atomic mass is 32.2. The molecule has 0 aliphatic carbocycles. The summed E-state index contributed by atoms with van der Waals surface area (Å²) < 4.78 is 60.2. The van der Waals surface area contributed by atoms with E-state index in [1.165, 1.54) is 32.0 Å². The molecule has 16 nitrogen and oxygen atoms in total. The monoisotopic (exact) mass is 581 g/mol. The third-order valence-electron chi connectivity index (χ3n) is 4.50. The molecule has 1 aromatic carbocycles. The van der Waals surface area contributed by atoms with E-state index in [1.54, 1.807) is 0 Å². The van der Waals surface area contributed by atoms with Gasteiger partial charge in [0, 0.05) is 11.8 Å². The van der Waals surface area contributed by atoms with Gasteiger partial charge in [0.25, 0.3) is 21.3 Å². The van der Waals surface area contributed by atoms with Crippen molar-refractivity contribution in [3.8, 4) is 0 Å². The molecule has 1 amide bonds. The minimum atomic E-state index is -5.08. The number of amides is 1. The third-order valence-corrected chi connectivity index (χ3v) is 5.91. The maximum atomic E-state index is 13.1. The van der Waals surface area contributed by atoms with Gasteiger partial charge in [0.05, 0.1) is 4.92 Å². The average Bonchev–Trinajstić information content (AvgIpc) is 2.81. The molecule has 20 heteroatoms. The number of guanidine groups is 1. The van der Waals surface area contributed by atoms with Crippen molar-refractivity contribution < 1.29 is 46.0 Å². The van der Waals surface area contributed by atoms with Crippen LogP contribution < -0.4 is 27.5 Å². The summed E-state index contributed by atoms with van der Waals surface area (Å²) in [5.41, 5.74) is 14.0. The number of nitrogens with two attached hydrogens (primary N) is 3. The normalized spacial score (nSPS) is 12.6. The zero-order chi connectivity index (χ0) is 30.3. The lowest BCUT2D eigenvalue weighted by Crippen LogP contribution is -2.42. The number of alkyl halides is 3. The number of nitrogens with zero attached hydrogens (tertiary/aromatic N) is 3. The highest BCUT2D eigenvalue weighted by Crippen LogP contribution is 2.25. The van der Waals surface area contributed by atoms with Gasteiger partial charge in [-0.1, -0.05) is 12.1 Å². The highest BCUT2D eigenvalue weighted by molar-refractivity contribution is 7.92. The molecule has 0 saturated heterocycles. The van der Waals surface area contributed by atoms with Gasteiger partial charge in [-0.2, -0.15) is 13.2 Å². The minimum absolute atomic E-state index is 0.243. The van der Waals surface area contributed by atoms with Gasteiger partial charge < -0.3 is 27.1 Å². The molecule has 0 aliphatic heterocycles. The third kappa shape index (κ3) is 8.59. The van der Waals surface area contributed by atoms with E-state index >= 15 is 0 Å². The number of aromatic nitrogens is 1. The lowest BCUT2D eigenvalue weighted by molar-refractivity contribution is -0.387. The van der Waals surface area contributed by atoms with Crippen LogP contribution in [0.15, 0.2) is 51.2 Å². The number of hydrogen-bond acceptors (Lipinski definition) is 9. The van der Waals surface area contributed by atoms with E-state index in [0.717, 1.165) is 22.8 Å². The molecule has 2 rings (SSSR count). The van der Waals surface area contributed by atoms with Crippen molar-refractivity contribution in [2.45, 2.75) is 37.1 Å². The molecule has 0 bridgehead atoms. The molecule has 0 spiro atoms. The SMILES string of the molecule is Cc1ccc(NS(=O)(=O)c2ccccc2[N+](=O)[O-])c(=O)n1C(C(N)=O)C(C)ON=C(N)N.O=C(O)C(F)(F)F. The Morgan fingerprint density at radius 1 is 1.18 bits per heavy atom. The maximum Gasteiger partial charge on any atom is 0.490 e. The van der Waals surface area contributed by atoms with E-state index in [0.29, 0.717) is 0 Å². The number of carbonyl (C=O) groups is 2. The number of hydrogen-bond donors (Lipinski definition) is 5. The summed E-state index contributed by atoms with van der Waals surface area (Å²) in [7, 11) is -4.54. The van der Waals surface area contributed by atoms with Crippen LogP contribution in [0.1, 0.15) is 18.7 Å². The van der Waals surface area contributed by atoms with Crippen LogP contribution in [0.4, 0.5) is 24.5 Å². The van der Waals surface area contributed by atoms with E-state index in [2.05, 4.69) is 5.16 Å². The van der Waals surface area contributed by atoms with Gasteiger partial charge >= 0.3 is 12.1 Å². The number of aliphatic carboxylic acids is 1. The number of nitro benzene ring substituents is 1. The number of halogens is 3. The van der Waals surface area contributed by atoms with Crippen molar-refractivity contribution in [2.75, 3.05) is 4.72 Å². The molecule has 2 atom stereocenters. The summed E-state index contributed by atoms with van der Waals surface area (Å²) in [4.78, 5) is 48.7. The van der Waals surface area contributed by atoms with Crippen molar-refractivity contribution in [1.29, 1.82) is 0 Å². The number of nitro groups is 1. The summed E-state index contributed by atoms with van der Waals surface area (Å²) in [6.45, 7) is 2.85. The van der Waals surface area contributed by atoms with Gasteiger partial charge in [0.1, 0.15) is 5.69 Å². The zero-order valence-electron chi connectivity index (χ0n) is 19.9. The number of carboxylic acids is 1. The van der Waals surface area contributed by atoms with Crippen molar-refractivity contribution in [1.82, 2.24) is 4.57 Å². The molecule has 0 saturated carbocycles. The Labute approximate surface area is 217 Å². The summed E-state index contributed by atoms with van der Waals surface area (Å²) >= 11 is 0. The van der Waals surface area contributed by atoms with Crippen LogP contribution in [0.3, 0.4) is 0 Å². The first-order valence-electron chi connectivity index (χ1n) is 10.1. The number of primary amides is 1. The van der Waals surface area contributed by atoms with Gasteiger partial charge in [-0.25, -0.2) is 13.2 Å². The quantitative estimate of drug-likeness (QED) is 0.115. The second-order valence-electron chi connectivity index (χ2n) is 7.37. The van der Waals surface area contributed by atoms with Crippen LogP contribution in [-0.4, -0.2) is 53.1 Å². The lowest BCUT2D eigenvalue weighted by Gasteiger charge is -2.24. The van der Waals surface area contributed by atoms with Gasteiger partial charge in [0.15, 0.2) is 17.0 Å². The summed E-state index contributed by atoms with van der Waals surface area (Å²) in [6.07, 6.45) is -6.20. The molecule has 0 radical (unpaired) electrons. The first kappa shape index (κ1) is 32.1. The molecular weight excluding hydrogens is 559 g/mol. The summed E-state index contributed by atoms with van der Waals surface area (Å²) in [5, 5.41) is 21.6. The minimum Gasteiger partial charge on any atom is -0.475 e. The average molecular weight is 581 g/mol. The largest absolute Gasteiger partial charge is 0.490 e. The van der Waals surface area contributed by atoms with Crippen LogP contribution in [0.5, 0.6) is 0 Å². The van der Waals surface area contributed by atoms with Gasteiger partial charge in [0.2, 0.25) is 11.9 Å². The lowest BCUT2D eigenvalue weighted by atomic mass is 10.1. The maximum absolute atomic E-state index is 13.1. The Balaban J connectivity index is 0.000000956. The van der Waals surface area contributed by atoms with Crippen molar-refractivity contribution in [2.24, 2.45) is 22.4 Å². The second kappa shape index (κ2) is 12.6. The van der Waals surface area contributed by atoms with E-state index in [4.69, 9.17) is 31.9 Å². The summed E-state index contributed by atoms with van der Waals surface area (Å²) in [6, 6.07) is 5.70. The molecule has 2 aromatic rings. The van der Waals surface area contributed by atoms with Gasteiger partial charge in [-0.05, 0) is 37.2 Å². The fourth-order valence-corrected chi connectivity index (χ4v) is 4.10. The molecule has 39 heavy (non-hydrogen) atoms. The first-order valence-corrected chi connectivity index (χ1v) is 11.6. The van der Waals surface area contributed by atoms with Crippen LogP contribution >= 0.6 is 0 Å². The number of carboxylic acid groups (broad SMARTS) is 1. The predicted octanol–water partition coefficient (Wildman–Crippen LogP) is 0.119. The fourth-order valence-electron chi connectivity index (χ4n) is 2.87. The van der Waals surface area contributed by atoms with E-state index in [1.807, 2.05) is 4.72 Å². The number of rotatable bonds is 9. The standard InChI is InChI=1S/C17H21N7O7S.C2HF3O2/c1-9-7-8-11(22-32(29,30)13-6-4-3-5-12(13)24(27)28)16(26)23(9)14(15(18)25)10(2)31-21-17(19)20;3-2(4,5)1(6)7/h3-8,10,14,22H,1-2H3,(H2,18,25)(H4,19,20,21);(H,6,7). The van der Waals surface area contributed by atoms with Crippen molar-refractivity contribution in [3.63, 3.8) is 0 Å². The number of para-hydroxylation sites is 1. The number of nitrogens with one attached hydrogen (secondary N) is 1. The number of sulfonamides is 1. The first-order chi connectivity index (χ1) is 17.8. The highest BCUT2D eigenvalue weighted by Gasteiger charge is 2.38. The molecule has 1 aromatic heterocycles. The molecule has 0 fully saturated rings. The topological polar surface area (TPSA) is 265 Å². The van der Waals surface area contributed by atoms with E-state index in [-0.39, 0.29) is 5.69 Å². The number of benzene rings is 1. The smallest absolute Gasteiger partial charge is 0.475 e. The Kier molecular flexibility index (Phi) is 10.4. The van der Waals surface area contributed by atoms with Crippen molar-refractivity contribution in [3.05, 3.63) is 62.6 Å². The predicted molar refractivity (Wildman–Crippen MR) is 128 cm³/mol. The van der Waals surface area contributed by atoms with Crippen LogP contribution in [0.2, 0.25) is 0 Å². The number of anilines is 1. The fraction of sp³-hybridized carbons (Fsp3) is 0.263. The van der Waals surface area contributed by atoms with Gasteiger partial charge in [-0.15, -0.1) is 0 Å². The van der Waals surface area contributed by atoms with Gasteiger partial charge in [-0.3, -0.25) is 29.0 Å². The molecule has 214 valence electrons. The molecule has 0 aliphatic rings. The molecule has 1 heterocycles. The van der Waals surface area contributed by atoms with E-state index < -0.39 is 72.9 Å². The van der Waals surface area contributed by atoms with Crippen LogP contribution in [-0.2, 0) is 24.4 Å². The molecular formula is C19H22F3N7O9S. The van der Waals surface area contributed by atoms with Crippen LogP contribution in [0.25, 0.3) is 0 Å². The Hall–Kier alpha value is -4.88. The number of carbonyl (C=O) groups excluding carboxylic acids is 1. The number of pyridine rings is 1. The van der Waals surface area contributed by atoms with E-state index in [9.17, 15) is 41.3 Å². The number of oxime groups is 1.